The number of phenolic OH excluding ortho intramolecular Hbond substituents is 1. The fourth-order valence-electron chi connectivity index (χ4n) is 2.07. The van der Waals surface area contributed by atoms with E-state index in [1.165, 1.54) is 0 Å². The molecule has 5 heteroatoms. The van der Waals surface area contributed by atoms with Crippen molar-refractivity contribution in [2.45, 2.75) is 52.5 Å². The summed E-state index contributed by atoms with van der Waals surface area (Å²) in [5.74, 6) is 0.291. The summed E-state index contributed by atoms with van der Waals surface area (Å²) in [5, 5.41) is 9.37. The second-order valence-corrected chi connectivity index (χ2v) is 8.13. The largest absolute Gasteiger partial charge is 0.508 e. The molecule has 0 amide bonds. The lowest BCUT2D eigenvalue weighted by Crippen LogP contribution is -2.47. The summed E-state index contributed by atoms with van der Waals surface area (Å²) in [5.41, 5.74) is 1.16. The summed E-state index contributed by atoms with van der Waals surface area (Å²) in [6.07, 6.45) is 3.71. The van der Waals surface area contributed by atoms with Crippen molar-refractivity contribution in [2.24, 2.45) is 0 Å². The molecule has 0 heterocycles. The Balaban J connectivity index is 2.72. The molecule has 4 nitrogen and oxygen atoms in total. The SMILES string of the molecule is CCCO[Si](CCc1ccc(O)cc1)(OCCC)OCCC. The molecule has 0 radical (unpaired) electrons. The van der Waals surface area contributed by atoms with E-state index in [9.17, 15) is 5.11 Å². The number of hydrogen-bond donors (Lipinski definition) is 1. The fraction of sp³-hybridized carbons (Fsp3) is 0.647. The van der Waals surface area contributed by atoms with Gasteiger partial charge in [-0.05, 0) is 43.4 Å². The van der Waals surface area contributed by atoms with Gasteiger partial charge in [0.05, 0.1) is 0 Å². The van der Waals surface area contributed by atoms with Gasteiger partial charge in [0.2, 0.25) is 0 Å². The van der Waals surface area contributed by atoms with Crippen LogP contribution in [-0.4, -0.2) is 33.7 Å². The second-order valence-electron chi connectivity index (χ2n) is 5.39. The maximum atomic E-state index is 9.37. The first-order chi connectivity index (χ1) is 10.7. The minimum atomic E-state index is -2.62. The summed E-state index contributed by atoms with van der Waals surface area (Å²) in [6, 6.07) is 8.08. The molecule has 22 heavy (non-hydrogen) atoms. The van der Waals surface area contributed by atoms with Crippen molar-refractivity contribution in [2.75, 3.05) is 19.8 Å². The number of benzene rings is 1. The monoisotopic (exact) mass is 326 g/mol. The Morgan fingerprint density at radius 3 is 1.68 bits per heavy atom. The van der Waals surface area contributed by atoms with E-state index in [1.54, 1.807) is 12.1 Å². The highest BCUT2D eigenvalue weighted by molar-refractivity contribution is 6.60. The van der Waals surface area contributed by atoms with Crippen molar-refractivity contribution in [3.05, 3.63) is 29.8 Å². The van der Waals surface area contributed by atoms with Crippen LogP contribution in [-0.2, 0) is 19.7 Å². The summed E-state index contributed by atoms with van der Waals surface area (Å²) in [4.78, 5) is 0. The Morgan fingerprint density at radius 1 is 0.818 bits per heavy atom. The number of aromatic hydroxyl groups is 1. The number of aryl methyl sites for hydroxylation is 1. The maximum absolute atomic E-state index is 9.37. The maximum Gasteiger partial charge on any atom is 0.501 e. The molecule has 0 atom stereocenters. The lowest BCUT2D eigenvalue weighted by Gasteiger charge is -2.29. The van der Waals surface area contributed by atoms with Crippen LogP contribution in [0.15, 0.2) is 24.3 Å². The highest BCUT2D eigenvalue weighted by Gasteiger charge is 2.40. The van der Waals surface area contributed by atoms with Gasteiger partial charge in [0.1, 0.15) is 5.75 Å². The molecular weight excluding hydrogens is 296 g/mol. The molecule has 0 bridgehead atoms. The molecule has 0 aliphatic rings. The average molecular weight is 327 g/mol. The van der Waals surface area contributed by atoms with Crippen LogP contribution in [0.4, 0.5) is 0 Å². The summed E-state index contributed by atoms with van der Waals surface area (Å²) >= 11 is 0. The minimum Gasteiger partial charge on any atom is -0.508 e. The molecule has 0 aliphatic carbocycles. The highest BCUT2D eigenvalue weighted by Crippen LogP contribution is 2.21. The molecule has 0 saturated carbocycles. The molecule has 1 rings (SSSR count). The molecule has 0 saturated heterocycles. The third-order valence-electron chi connectivity index (χ3n) is 3.23. The van der Waals surface area contributed by atoms with Crippen LogP contribution in [0.25, 0.3) is 0 Å². The summed E-state index contributed by atoms with van der Waals surface area (Å²) in [6.45, 7) is 8.32. The first-order valence-corrected chi connectivity index (χ1v) is 10.3. The van der Waals surface area contributed by atoms with Crippen LogP contribution < -0.4 is 0 Å². The molecule has 1 N–H and O–H groups in total. The molecular formula is C17H30O4Si. The van der Waals surface area contributed by atoms with Crippen molar-refractivity contribution in [1.29, 1.82) is 0 Å². The van der Waals surface area contributed by atoms with Gasteiger partial charge >= 0.3 is 8.80 Å². The van der Waals surface area contributed by atoms with Crippen molar-refractivity contribution >= 4 is 8.80 Å². The quantitative estimate of drug-likeness (QED) is 0.586. The van der Waals surface area contributed by atoms with E-state index in [2.05, 4.69) is 20.8 Å². The predicted molar refractivity (Wildman–Crippen MR) is 91.1 cm³/mol. The Kier molecular flexibility index (Phi) is 9.39. The molecule has 0 aromatic heterocycles. The van der Waals surface area contributed by atoms with Crippen LogP contribution >= 0.6 is 0 Å². The Hall–Kier alpha value is -0.883. The van der Waals surface area contributed by atoms with Gasteiger partial charge in [-0.15, -0.1) is 0 Å². The van der Waals surface area contributed by atoms with Gasteiger partial charge in [0, 0.05) is 25.9 Å². The summed E-state index contributed by atoms with van der Waals surface area (Å²) < 4.78 is 18.2. The highest BCUT2D eigenvalue weighted by atomic mass is 28.4. The van der Waals surface area contributed by atoms with E-state index in [1.807, 2.05) is 12.1 Å². The van der Waals surface area contributed by atoms with E-state index in [-0.39, 0.29) is 0 Å². The Bertz CT molecular complexity index is 372. The van der Waals surface area contributed by atoms with Gasteiger partial charge in [-0.2, -0.15) is 0 Å². The van der Waals surface area contributed by atoms with Crippen LogP contribution in [0.5, 0.6) is 5.75 Å². The smallest absolute Gasteiger partial charge is 0.501 e. The molecule has 1 aromatic rings. The average Bonchev–Trinajstić information content (AvgIpc) is 2.55. The lowest BCUT2D eigenvalue weighted by molar-refractivity contribution is 0.0593. The first-order valence-electron chi connectivity index (χ1n) is 8.35. The predicted octanol–water partition coefficient (Wildman–Crippen LogP) is 4.15. The van der Waals surface area contributed by atoms with Crippen LogP contribution in [0, 0.1) is 0 Å². The topological polar surface area (TPSA) is 47.9 Å². The second kappa shape index (κ2) is 10.8. The van der Waals surface area contributed by atoms with Crippen LogP contribution in [0.3, 0.4) is 0 Å². The molecule has 0 fully saturated rings. The zero-order valence-electron chi connectivity index (χ0n) is 14.1. The van der Waals surface area contributed by atoms with Gasteiger partial charge in [-0.1, -0.05) is 32.9 Å². The third kappa shape index (κ3) is 6.92. The van der Waals surface area contributed by atoms with Crippen molar-refractivity contribution in [3.8, 4) is 5.75 Å². The Labute approximate surface area is 135 Å². The van der Waals surface area contributed by atoms with Crippen LogP contribution in [0.1, 0.15) is 45.6 Å². The summed E-state index contributed by atoms with van der Waals surface area (Å²) in [7, 11) is -2.62. The number of hydrogen-bond acceptors (Lipinski definition) is 4. The fourth-order valence-corrected chi connectivity index (χ4v) is 4.90. The number of rotatable bonds is 12. The van der Waals surface area contributed by atoms with Crippen molar-refractivity contribution in [1.82, 2.24) is 0 Å². The van der Waals surface area contributed by atoms with Gasteiger partial charge < -0.3 is 18.4 Å². The standard InChI is InChI=1S/C17H30O4Si/c1-4-12-19-22(20-13-5-2,21-14-6-3)15-11-16-7-9-17(18)10-8-16/h7-10,18H,4-6,11-15H2,1-3H3. The molecule has 0 spiro atoms. The minimum absolute atomic E-state index is 0.291. The van der Waals surface area contributed by atoms with Gasteiger partial charge in [-0.3, -0.25) is 0 Å². The third-order valence-corrected chi connectivity index (χ3v) is 6.03. The zero-order valence-corrected chi connectivity index (χ0v) is 15.1. The molecule has 0 aliphatic heterocycles. The number of phenols is 1. The van der Waals surface area contributed by atoms with Crippen molar-refractivity contribution < 1.29 is 18.4 Å². The van der Waals surface area contributed by atoms with E-state index < -0.39 is 8.80 Å². The van der Waals surface area contributed by atoms with Gasteiger partial charge in [-0.25, -0.2) is 0 Å². The van der Waals surface area contributed by atoms with E-state index in [4.69, 9.17) is 13.3 Å². The van der Waals surface area contributed by atoms with Crippen molar-refractivity contribution in [3.63, 3.8) is 0 Å². The molecule has 0 unspecified atom stereocenters. The van der Waals surface area contributed by atoms with E-state index in [0.717, 1.165) is 37.3 Å². The lowest BCUT2D eigenvalue weighted by atomic mass is 10.2. The van der Waals surface area contributed by atoms with Gasteiger partial charge in [0.15, 0.2) is 0 Å². The first kappa shape index (κ1) is 19.2. The molecule has 126 valence electrons. The Morgan fingerprint density at radius 2 is 1.27 bits per heavy atom. The normalized spacial score (nSPS) is 11.8. The van der Waals surface area contributed by atoms with Crippen LogP contribution in [0.2, 0.25) is 6.04 Å². The van der Waals surface area contributed by atoms with E-state index in [0.29, 0.717) is 25.6 Å². The molecule has 1 aromatic carbocycles. The van der Waals surface area contributed by atoms with E-state index >= 15 is 0 Å². The zero-order chi connectivity index (χ0) is 16.3. The van der Waals surface area contributed by atoms with Gasteiger partial charge in [0.25, 0.3) is 0 Å².